The maximum atomic E-state index is 9.83. The van der Waals surface area contributed by atoms with Gasteiger partial charge in [0, 0.05) is 29.3 Å². The lowest BCUT2D eigenvalue weighted by atomic mass is 9.69. The van der Waals surface area contributed by atoms with Crippen molar-refractivity contribution in [3.8, 4) is 17.7 Å². The second kappa shape index (κ2) is 7.54. The summed E-state index contributed by atoms with van der Waals surface area (Å²) < 4.78 is 17.5. The van der Waals surface area contributed by atoms with Crippen molar-refractivity contribution in [3.05, 3.63) is 46.1 Å². The second-order valence-corrected chi connectivity index (χ2v) is 7.67. The molecule has 2 aromatic rings. The van der Waals surface area contributed by atoms with Crippen molar-refractivity contribution < 1.29 is 19.3 Å². The molecule has 0 unspecified atom stereocenters. The average Bonchev–Trinajstić information content (AvgIpc) is 2.74. The van der Waals surface area contributed by atoms with Gasteiger partial charge in [-0.05, 0) is 30.4 Å². The predicted molar refractivity (Wildman–Crippen MR) is 107 cm³/mol. The van der Waals surface area contributed by atoms with Crippen LogP contribution in [0.4, 0.5) is 5.69 Å². The van der Waals surface area contributed by atoms with Crippen LogP contribution in [0.5, 0.6) is 11.6 Å². The van der Waals surface area contributed by atoms with E-state index in [0.29, 0.717) is 41.8 Å². The maximum absolute atomic E-state index is 9.83. The molecule has 1 aromatic heterocycles. The van der Waals surface area contributed by atoms with E-state index in [0.717, 1.165) is 35.2 Å². The number of fused-ring (bicyclic) bond motifs is 3. The molecule has 1 spiro atoms. The molecule has 2 aliphatic rings. The van der Waals surface area contributed by atoms with Crippen LogP contribution in [0.15, 0.2) is 18.2 Å². The van der Waals surface area contributed by atoms with Crippen LogP contribution in [0.3, 0.4) is 0 Å². The number of aliphatic hydroxyl groups is 1. The van der Waals surface area contributed by atoms with E-state index >= 15 is 0 Å². The van der Waals surface area contributed by atoms with Gasteiger partial charge in [-0.15, -0.1) is 0 Å². The van der Waals surface area contributed by atoms with Crippen molar-refractivity contribution in [3.63, 3.8) is 0 Å². The maximum Gasteiger partial charge on any atom is 0.216 e. The van der Waals surface area contributed by atoms with E-state index < -0.39 is 5.60 Å². The van der Waals surface area contributed by atoms with Gasteiger partial charge in [0.25, 0.3) is 0 Å². The summed E-state index contributed by atoms with van der Waals surface area (Å²) in [7, 11) is 1.56. The number of nitrogens with zero attached hydrogens (tertiary/aromatic N) is 2. The molecule has 7 heteroatoms. The van der Waals surface area contributed by atoms with Crippen LogP contribution in [-0.2, 0) is 23.4 Å². The molecule has 2 atom stereocenters. The Morgan fingerprint density at radius 2 is 2.28 bits per heavy atom. The molecule has 0 radical (unpaired) electrons. The number of nitriles is 1. The van der Waals surface area contributed by atoms with Crippen molar-refractivity contribution in [2.75, 3.05) is 26.1 Å². The van der Waals surface area contributed by atoms with E-state index in [1.54, 1.807) is 13.2 Å². The smallest absolute Gasteiger partial charge is 0.216 e. The Labute approximate surface area is 170 Å². The minimum atomic E-state index is -0.650. The lowest BCUT2D eigenvalue weighted by molar-refractivity contribution is -0.0881. The van der Waals surface area contributed by atoms with Crippen molar-refractivity contribution >= 4 is 5.69 Å². The zero-order valence-corrected chi connectivity index (χ0v) is 16.7. The molecule has 152 valence electrons. The minimum absolute atomic E-state index is 0.0831. The lowest BCUT2D eigenvalue weighted by Crippen LogP contribution is -2.41. The first kappa shape index (κ1) is 19.5. The van der Waals surface area contributed by atoms with Gasteiger partial charge in [0.1, 0.15) is 24.0 Å². The summed E-state index contributed by atoms with van der Waals surface area (Å²) in [4.78, 5) is 4.66. The van der Waals surface area contributed by atoms with E-state index in [9.17, 15) is 5.26 Å². The fourth-order valence-corrected chi connectivity index (χ4v) is 4.50. The lowest BCUT2D eigenvalue weighted by Gasteiger charge is -2.44. The quantitative estimate of drug-likeness (QED) is 0.766. The second-order valence-electron chi connectivity index (χ2n) is 7.67. The van der Waals surface area contributed by atoms with Crippen LogP contribution in [0.25, 0.3) is 0 Å². The molecule has 0 saturated heterocycles. The first-order chi connectivity index (χ1) is 14.0. The Hall–Kier alpha value is -2.82. The highest BCUT2D eigenvalue weighted by atomic mass is 16.5. The Bertz CT molecular complexity index is 985. The van der Waals surface area contributed by atoms with Crippen molar-refractivity contribution in [2.45, 2.75) is 44.3 Å². The summed E-state index contributed by atoms with van der Waals surface area (Å²) in [6.07, 6.45) is 2.24. The number of nitrogen functional groups attached to an aromatic ring is 1. The minimum Gasteiger partial charge on any atom is -0.491 e. The number of ether oxygens (including phenoxy) is 3. The number of hydrogen-bond donors (Lipinski definition) is 2. The van der Waals surface area contributed by atoms with Gasteiger partial charge < -0.3 is 25.1 Å². The predicted octanol–water partition coefficient (Wildman–Crippen LogP) is 2.78. The Morgan fingerprint density at radius 1 is 1.45 bits per heavy atom. The van der Waals surface area contributed by atoms with E-state index in [2.05, 4.69) is 18.0 Å². The summed E-state index contributed by atoms with van der Waals surface area (Å²) in [5, 5.41) is 19.0. The molecular formula is C22H25N3O4. The third kappa shape index (κ3) is 3.18. The van der Waals surface area contributed by atoms with Gasteiger partial charge in [0.05, 0.1) is 31.6 Å². The molecule has 0 amide bonds. The third-order valence-corrected chi connectivity index (χ3v) is 6.00. The molecule has 0 bridgehead atoms. The van der Waals surface area contributed by atoms with Gasteiger partial charge >= 0.3 is 0 Å². The molecule has 2 heterocycles. The SMILES string of the molecule is COc1cc(OCCO)c2c(n1)C[C@]1(CC[C@H](C)c3ccc(N)c(C#N)c31)OC2. The van der Waals surface area contributed by atoms with Crippen molar-refractivity contribution in [1.82, 2.24) is 4.98 Å². The normalized spacial score (nSPS) is 22.5. The molecule has 1 aromatic carbocycles. The van der Waals surface area contributed by atoms with Crippen LogP contribution in [0, 0.1) is 11.3 Å². The molecule has 1 aliphatic carbocycles. The Kier molecular flexibility index (Phi) is 5.07. The highest BCUT2D eigenvalue weighted by molar-refractivity contribution is 5.63. The van der Waals surface area contributed by atoms with Crippen LogP contribution < -0.4 is 15.2 Å². The van der Waals surface area contributed by atoms with Crippen LogP contribution in [0.2, 0.25) is 0 Å². The molecular weight excluding hydrogens is 370 g/mol. The van der Waals surface area contributed by atoms with Gasteiger partial charge in [-0.1, -0.05) is 13.0 Å². The highest BCUT2D eigenvalue weighted by Gasteiger charge is 2.46. The van der Waals surface area contributed by atoms with E-state index in [-0.39, 0.29) is 13.2 Å². The number of benzene rings is 1. The van der Waals surface area contributed by atoms with E-state index in [1.807, 2.05) is 12.1 Å². The van der Waals surface area contributed by atoms with Gasteiger partial charge in [0.15, 0.2) is 0 Å². The molecule has 1 aliphatic heterocycles. The zero-order valence-electron chi connectivity index (χ0n) is 16.7. The summed E-state index contributed by atoms with van der Waals surface area (Å²) in [6, 6.07) is 7.84. The number of rotatable bonds is 4. The zero-order chi connectivity index (χ0) is 20.6. The van der Waals surface area contributed by atoms with E-state index in [4.69, 9.17) is 25.1 Å². The third-order valence-electron chi connectivity index (χ3n) is 6.00. The van der Waals surface area contributed by atoms with Gasteiger partial charge in [-0.3, -0.25) is 0 Å². The molecule has 29 heavy (non-hydrogen) atoms. The van der Waals surface area contributed by atoms with Gasteiger partial charge in [-0.25, -0.2) is 4.98 Å². The Morgan fingerprint density at radius 3 is 3.00 bits per heavy atom. The standard InChI is InChI=1S/C22H25N3O4/c1-13-5-6-22(21-14(13)3-4-17(24)15(21)11-23)10-18-16(12-29-22)19(28-8-7-26)9-20(25-18)27-2/h3-4,9,13,26H,5-8,10,12,24H2,1-2H3/t13-,22-/m0/s1. The molecule has 3 N–H and O–H groups in total. The summed E-state index contributed by atoms with van der Waals surface area (Å²) in [5.41, 5.74) is 10.2. The summed E-state index contributed by atoms with van der Waals surface area (Å²) in [6.45, 7) is 2.57. The molecule has 4 rings (SSSR count). The van der Waals surface area contributed by atoms with Crippen LogP contribution >= 0.6 is 0 Å². The fraction of sp³-hybridized carbons (Fsp3) is 0.455. The first-order valence-electron chi connectivity index (χ1n) is 9.80. The number of hydrogen-bond acceptors (Lipinski definition) is 7. The number of aromatic nitrogens is 1. The fourth-order valence-electron chi connectivity index (χ4n) is 4.50. The topological polar surface area (TPSA) is 111 Å². The average molecular weight is 395 g/mol. The monoisotopic (exact) mass is 395 g/mol. The number of pyridine rings is 1. The van der Waals surface area contributed by atoms with Gasteiger partial charge in [-0.2, -0.15) is 5.26 Å². The van der Waals surface area contributed by atoms with Crippen LogP contribution in [-0.4, -0.2) is 30.4 Å². The number of nitrogens with two attached hydrogens (primary N) is 1. The molecule has 0 fully saturated rings. The highest BCUT2D eigenvalue weighted by Crippen LogP contribution is 2.51. The van der Waals surface area contributed by atoms with E-state index in [1.165, 1.54) is 0 Å². The molecule has 0 saturated carbocycles. The number of methoxy groups -OCH3 is 1. The Balaban J connectivity index is 1.84. The van der Waals surface area contributed by atoms with Crippen molar-refractivity contribution in [2.24, 2.45) is 0 Å². The summed E-state index contributed by atoms with van der Waals surface area (Å²) in [5.74, 6) is 1.38. The first-order valence-corrected chi connectivity index (χ1v) is 9.80. The van der Waals surface area contributed by atoms with Gasteiger partial charge in [0.2, 0.25) is 5.88 Å². The molecule has 7 nitrogen and oxygen atoms in total. The van der Waals surface area contributed by atoms with Crippen molar-refractivity contribution in [1.29, 1.82) is 5.26 Å². The largest absolute Gasteiger partial charge is 0.491 e. The summed E-state index contributed by atoms with van der Waals surface area (Å²) >= 11 is 0. The van der Waals surface area contributed by atoms with Crippen LogP contribution in [0.1, 0.15) is 53.6 Å². The number of anilines is 1. The number of aliphatic hydroxyl groups excluding tert-OH is 1.